The predicted octanol–water partition coefficient (Wildman–Crippen LogP) is 1.99. The Morgan fingerprint density at radius 3 is 2.29 bits per heavy atom. The number of rotatable bonds is 5. The molecular weight excluding hydrogens is 274 g/mol. The van der Waals surface area contributed by atoms with Crippen LogP contribution in [0.5, 0.6) is 23.0 Å². The quantitative estimate of drug-likeness (QED) is 0.378. The molecule has 0 fully saturated rings. The Bertz CT molecular complexity index is 619. The summed E-state index contributed by atoms with van der Waals surface area (Å²) < 4.78 is 16.2. The topological polar surface area (TPSA) is 99.2 Å². The first-order valence-corrected chi connectivity index (χ1v) is 6.02. The van der Waals surface area contributed by atoms with Crippen molar-refractivity contribution in [2.45, 2.75) is 0 Å². The van der Waals surface area contributed by atoms with Crippen molar-refractivity contribution in [3.8, 4) is 23.0 Å². The number of para-hydroxylation sites is 1. The molecule has 2 aromatic rings. The fraction of sp³-hybridized carbons (Fsp3) is 0.143. The van der Waals surface area contributed by atoms with Crippen molar-refractivity contribution in [1.82, 2.24) is 4.98 Å². The van der Waals surface area contributed by atoms with Gasteiger partial charge in [-0.15, -0.1) is 0 Å². The summed E-state index contributed by atoms with van der Waals surface area (Å²) in [5.41, 5.74) is 5.79. The van der Waals surface area contributed by atoms with Gasteiger partial charge in [0.25, 0.3) is 0 Å². The molecule has 1 aromatic heterocycles. The summed E-state index contributed by atoms with van der Waals surface area (Å²) in [5, 5.41) is 11.5. The van der Waals surface area contributed by atoms with E-state index in [-0.39, 0.29) is 5.84 Å². The molecule has 0 atom stereocenters. The Hall–Kier alpha value is -2.96. The lowest BCUT2D eigenvalue weighted by Crippen LogP contribution is -2.14. The molecule has 0 spiro atoms. The molecule has 0 amide bonds. The van der Waals surface area contributed by atoms with Crippen molar-refractivity contribution in [1.29, 1.82) is 0 Å². The zero-order chi connectivity index (χ0) is 15.2. The van der Waals surface area contributed by atoms with Crippen molar-refractivity contribution in [2.24, 2.45) is 10.9 Å². The molecule has 0 aliphatic carbocycles. The summed E-state index contributed by atoms with van der Waals surface area (Å²) in [6.45, 7) is 0. The van der Waals surface area contributed by atoms with Gasteiger partial charge in [0.05, 0.1) is 20.4 Å². The van der Waals surface area contributed by atoms with Crippen molar-refractivity contribution < 1.29 is 19.4 Å². The van der Waals surface area contributed by atoms with Crippen molar-refractivity contribution >= 4 is 5.84 Å². The highest BCUT2D eigenvalue weighted by Gasteiger charge is 2.12. The highest BCUT2D eigenvalue weighted by Crippen LogP contribution is 2.39. The first-order chi connectivity index (χ1) is 10.2. The average Bonchev–Trinajstić information content (AvgIpc) is 2.55. The number of hydrogen-bond donors (Lipinski definition) is 2. The van der Waals surface area contributed by atoms with E-state index in [0.29, 0.717) is 28.7 Å². The summed E-state index contributed by atoms with van der Waals surface area (Å²) in [6.07, 6.45) is 1.46. The third-order valence-electron chi connectivity index (χ3n) is 2.71. The maximum Gasteiger partial charge on any atom is 0.211 e. The largest absolute Gasteiger partial charge is 0.493 e. The summed E-state index contributed by atoms with van der Waals surface area (Å²) >= 11 is 0. The molecule has 0 unspecified atom stereocenters. The van der Waals surface area contributed by atoms with Crippen molar-refractivity contribution in [2.75, 3.05) is 14.2 Å². The van der Waals surface area contributed by atoms with Crippen LogP contribution in [-0.2, 0) is 0 Å². The summed E-state index contributed by atoms with van der Waals surface area (Å²) in [7, 11) is 3.09. The Balaban J connectivity index is 2.30. The molecule has 0 saturated heterocycles. The monoisotopic (exact) mass is 289 g/mol. The van der Waals surface area contributed by atoms with Crippen LogP contribution in [-0.4, -0.2) is 30.2 Å². The minimum atomic E-state index is -0.0728. The van der Waals surface area contributed by atoms with Gasteiger partial charge in [-0.05, 0) is 24.3 Å². The second kappa shape index (κ2) is 6.47. The molecule has 0 radical (unpaired) electrons. The number of benzene rings is 1. The van der Waals surface area contributed by atoms with Gasteiger partial charge in [-0.2, -0.15) is 0 Å². The van der Waals surface area contributed by atoms with Crippen molar-refractivity contribution in [3.63, 3.8) is 0 Å². The lowest BCUT2D eigenvalue weighted by atomic mass is 10.3. The van der Waals surface area contributed by atoms with Gasteiger partial charge in [0.1, 0.15) is 11.4 Å². The second-order valence-electron chi connectivity index (χ2n) is 3.96. The van der Waals surface area contributed by atoms with Crippen LogP contribution in [0.15, 0.2) is 41.7 Å². The van der Waals surface area contributed by atoms with Gasteiger partial charge in [-0.3, -0.25) is 0 Å². The molecule has 110 valence electrons. The van der Waals surface area contributed by atoms with E-state index in [2.05, 4.69) is 10.1 Å². The number of ether oxygens (including phenoxy) is 3. The predicted molar refractivity (Wildman–Crippen MR) is 76.4 cm³/mol. The van der Waals surface area contributed by atoms with Crippen LogP contribution in [0.25, 0.3) is 0 Å². The fourth-order valence-electron chi connectivity index (χ4n) is 1.68. The Kier molecular flexibility index (Phi) is 4.45. The molecule has 0 aliphatic heterocycles. The minimum Gasteiger partial charge on any atom is -0.493 e. The summed E-state index contributed by atoms with van der Waals surface area (Å²) in [6, 6.07) is 8.54. The van der Waals surface area contributed by atoms with Crippen LogP contribution >= 0.6 is 0 Å². The van der Waals surface area contributed by atoms with Crippen LogP contribution in [0.2, 0.25) is 0 Å². The van der Waals surface area contributed by atoms with Gasteiger partial charge in [0, 0.05) is 0 Å². The lowest BCUT2D eigenvalue weighted by Gasteiger charge is -2.13. The molecule has 3 N–H and O–H groups in total. The fourth-order valence-corrected chi connectivity index (χ4v) is 1.68. The molecule has 7 nitrogen and oxygen atoms in total. The van der Waals surface area contributed by atoms with Gasteiger partial charge < -0.3 is 25.2 Å². The molecular formula is C14H15N3O4. The molecule has 0 aliphatic rings. The maximum absolute atomic E-state index is 8.59. The Morgan fingerprint density at radius 2 is 1.81 bits per heavy atom. The number of pyridine rings is 1. The Labute approximate surface area is 121 Å². The molecule has 1 heterocycles. The SMILES string of the molecule is COc1cccc(OC)c1Oc1ccc(/C(N)=N/O)nc1. The smallest absolute Gasteiger partial charge is 0.211 e. The number of oxime groups is 1. The van der Waals surface area contributed by atoms with E-state index in [4.69, 9.17) is 25.2 Å². The lowest BCUT2D eigenvalue weighted by molar-refractivity contribution is 0.318. The molecule has 1 aromatic carbocycles. The molecule has 2 rings (SSSR count). The van der Waals surface area contributed by atoms with Crippen LogP contribution in [0.3, 0.4) is 0 Å². The third kappa shape index (κ3) is 3.14. The zero-order valence-corrected chi connectivity index (χ0v) is 11.6. The normalized spacial score (nSPS) is 11.0. The third-order valence-corrected chi connectivity index (χ3v) is 2.71. The van der Waals surface area contributed by atoms with E-state index in [1.54, 1.807) is 44.6 Å². The van der Waals surface area contributed by atoms with E-state index in [9.17, 15) is 0 Å². The van der Waals surface area contributed by atoms with Gasteiger partial charge in [0.15, 0.2) is 17.3 Å². The number of nitrogens with two attached hydrogens (primary N) is 1. The Morgan fingerprint density at radius 1 is 1.14 bits per heavy atom. The number of hydrogen-bond acceptors (Lipinski definition) is 6. The van der Waals surface area contributed by atoms with E-state index in [1.807, 2.05) is 0 Å². The zero-order valence-electron chi connectivity index (χ0n) is 11.6. The summed E-state index contributed by atoms with van der Waals surface area (Å²) in [5.74, 6) is 1.91. The number of aromatic nitrogens is 1. The standard InChI is InChI=1S/C14H15N3O4/c1-19-11-4-3-5-12(20-2)13(11)21-9-6-7-10(16-8-9)14(15)17-18/h3-8,18H,1-2H3,(H2,15,17). The minimum absolute atomic E-state index is 0.0728. The summed E-state index contributed by atoms with van der Waals surface area (Å²) in [4.78, 5) is 4.03. The van der Waals surface area contributed by atoms with Crippen LogP contribution in [0.4, 0.5) is 0 Å². The van der Waals surface area contributed by atoms with Crippen LogP contribution in [0.1, 0.15) is 5.69 Å². The van der Waals surface area contributed by atoms with Crippen LogP contribution < -0.4 is 19.9 Å². The van der Waals surface area contributed by atoms with Crippen LogP contribution in [0, 0.1) is 0 Å². The molecule has 0 bridgehead atoms. The highest BCUT2D eigenvalue weighted by atomic mass is 16.5. The van der Waals surface area contributed by atoms with E-state index in [0.717, 1.165) is 0 Å². The first-order valence-electron chi connectivity index (χ1n) is 6.02. The van der Waals surface area contributed by atoms with Crippen molar-refractivity contribution in [3.05, 3.63) is 42.2 Å². The highest BCUT2D eigenvalue weighted by molar-refractivity contribution is 5.95. The first kappa shape index (κ1) is 14.4. The van der Waals surface area contributed by atoms with Gasteiger partial charge in [-0.25, -0.2) is 4.98 Å². The van der Waals surface area contributed by atoms with Gasteiger partial charge >= 0.3 is 0 Å². The average molecular weight is 289 g/mol. The molecule has 7 heteroatoms. The molecule has 21 heavy (non-hydrogen) atoms. The van der Waals surface area contributed by atoms with Gasteiger partial charge in [0.2, 0.25) is 5.75 Å². The van der Waals surface area contributed by atoms with E-state index >= 15 is 0 Å². The number of amidine groups is 1. The second-order valence-corrected chi connectivity index (χ2v) is 3.96. The number of nitrogens with zero attached hydrogens (tertiary/aromatic N) is 2. The number of methoxy groups -OCH3 is 2. The maximum atomic E-state index is 8.59. The van der Waals surface area contributed by atoms with E-state index in [1.165, 1.54) is 6.20 Å². The van der Waals surface area contributed by atoms with E-state index < -0.39 is 0 Å². The van der Waals surface area contributed by atoms with Gasteiger partial charge in [-0.1, -0.05) is 11.2 Å². The molecule has 0 saturated carbocycles.